The van der Waals surface area contributed by atoms with Crippen LogP contribution < -0.4 is 4.74 Å². The van der Waals surface area contributed by atoms with Gasteiger partial charge in [0.05, 0.1) is 37.8 Å². The molecule has 28 heavy (non-hydrogen) atoms. The van der Waals surface area contributed by atoms with Crippen LogP contribution in [0.4, 0.5) is 4.79 Å². The molecular weight excluding hydrogens is 388 g/mol. The van der Waals surface area contributed by atoms with Crippen LogP contribution in [0.1, 0.15) is 13.3 Å². The molecule has 2 atom stereocenters. The normalized spacial score (nSPS) is 22.9. The number of carboxylic acids is 1. The number of hydrogen-bond donors (Lipinski definition) is 2. The van der Waals surface area contributed by atoms with Crippen LogP contribution in [0.2, 0.25) is 0 Å². The van der Waals surface area contributed by atoms with E-state index in [9.17, 15) is 28.2 Å². The van der Waals surface area contributed by atoms with Crippen LogP contribution in [-0.2, 0) is 14.6 Å². The van der Waals surface area contributed by atoms with Gasteiger partial charge in [-0.3, -0.25) is 9.69 Å². The number of ether oxygens (including phenoxy) is 1. The van der Waals surface area contributed by atoms with Gasteiger partial charge >= 0.3 is 12.0 Å². The lowest BCUT2D eigenvalue weighted by Crippen LogP contribution is -2.56. The number of carbonyl (C=O) groups is 2. The highest BCUT2D eigenvalue weighted by Gasteiger charge is 2.56. The standard InChI is InChI=1S/C18H26N2O7S/c1-18(24)12-19(17(23)20(18,2)3)10-9-13(16(21)22)11-28(25,26)15-7-5-14(27-4)6-8-15/h5-8,13,24H,9-12H2,1-4H3/p+1. The third-order valence-electron chi connectivity index (χ3n) is 5.38. The molecule has 1 heterocycles. The van der Waals surface area contributed by atoms with Crippen LogP contribution in [0.5, 0.6) is 5.75 Å². The Balaban J connectivity index is 2.10. The van der Waals surface area contributed by atoms with Gasteiger partial charge in [-0.05, 0) is 30.7 Å². The number of rotatable bonds is 8. The highest BCUT2D eigenvalue weighted by Crippen LogP contribution is 2.29. The predicted octanol–water partition coefficient (Wildman–Crippen LogP) is 0.780. The third kappa shape index (κ3) is 4.29. The summed E-state index contributed by atoms with van der Waals surface area (Å²) in [6.45, 7) is 1.63. The van der Waals surface area contributed by atoms with Gasteiger partial charge in [0.25, 0.3) is 0 Å². The maximum Gasteiger partial charge on any atom is 0.421 e. The third-order valence-corrected chi connectivity index (χ3v) is 7.21. The van der Waals surface area contributed by atoms with E-state index in [1.54, 1.807) is 14.1 Å². The first kappa shape index (κ1) is 22.1. The number of sulfone groups is 1. The number of nitrogens with zero attached hydrogens (tertiary/aromatic N) is 2. The number of hydrogen-bond acceptors (Lipinski definition) is 6. The number of β-amino-alcohol motifs (C(OH)–C–C–N with tert-alkyl or cyclic N) is 1. The van der Waals surface area contributed by atoms with Crippen molar-refractivity contribution in [1.29, 1.82) is 0 Å². The molecule has 2 N–H and O–H groups in total. The molecular formula is C18H27N2O7S+. The number of amides is 2. The minimum Gasteiger partial charge on any atom is -0.497 e. The van der Waals surface area contributed by atoms with E-state index in [-0.39, 0.29) is 34.9 Å². The largest absolute Gasteiger partial charge is 0.497 e. The molecule has 1 fully saturated rings. The molecule has 0 radical (unpaired) electrons. The SMILES string of the molecule is COc1ccc(S(=O)(=O)CC(CCN2CC(C)(O)[N+](C)(C)C2=O)C(=O)O)cc1. The van der Waals surface area contributed by atoms with Crippen molar-refractivity contribution < 1.29 is 37.4 Å². The summed E-state index contributed by atoms with van der Waals surface area (Å²) in [6, 6.07) is 5.39. The molecule has 2 rings (SSSR count). The van der Waals surface area contributed by atoms with Crippen LogP contribution in [0.25, 0.3) is 0 Å². The second-order valence-corrected chi connectivity index (χ2v) is 9.69. The number of urea groups is 1. The first-order chi connectivity index (χ1) is 12.8. The van der Waals surface area contributed by atoms with Gasteiger partial charge < -0.3 is 14.9 Å². The number of likely N-dealkylation sites (N-methyl/N-ethyl adjacent to an activating group) is 1. The molecule has 1 saturated heterocycles. The quantitative estimate of drug-likeness (QED) is 0.602. The van der Waals surface area contributed by atoms with E-state index >= 15 is 0 Å². The highest BCUT2D eigenvalue weighted by molar-refractivity contribution is 7.91. The summed E-state index contributed by atoms with van der Waals surface area (Å²) in [7, 11) is 0.781. The summed E-state index contributed by atoms with van der Waals surface area (Å²) >= 11 is 0. The zero-order valence-corrected chi connectivity index (χ0v) is 17.3. The Hall–Kier alpha value is -2.17. The Morgan fingerprint density at radius 1 is 1.32 bits per heavy atom. The molecule has 1 aliphatic rings. The molecule has 2 unspecified atom stereocenters. The number of carbonyl (C=O) groups excluding carboxylic acids is 1. The van der Waals surface area contributed by atoms with Gasteiger partial charge in [-0.1, -0.05) is 0 Å². The maximum absolute atomic E-state index is 12.6. The Morgan fingerprint density at radius 3 is 2.32 bits per heavy atom. The minimum atomic E-state index is -3.83. The van der Waals surface area contributed by atoms with Crippen LogP contribution in [0.15, 0.2) is 29.2 Å². The molecule has 1 aromatic carbocycles. The molecule has 156 valence electrons. The second-order valence-electron chi connectivity index (χ2n) is 7.66. The first-order valence-corrected chi connectivity index (χ1v) is 10.4. The van der Waals surface area contributed by atoms with E-state index in [0.717, 1.165) is 0 Å². The molecule has 1 aromatic rings. The first-order valence-electron chi connectivity index (χ1n) is 8.77. The van der Waals surface area contributed by atoms with Gasteiger partial charge in [-0.2, -0.15) is 0 Å². The van der Waals surface area contributed by atoms with Crippen molar-refractivity contribution in [2.75, 3.05) is 40.0 Å². The number of quaternary nitrogens is 1. The van der Waals surface area contributed by atoms with Crippen molar-refractivity contribution >= 4 is 21.8 Å². The lowest BCUT2D eigenvalue weighted by Gasteiger charge is -2.31. The lowest BCUT2D eigenvalue weighted by atomic mass is 10.1. The monoisotopic (exact) mass is 415 g/mol. The molecule has 0 aliphatic carbocycles. The van der Waals surface area contributed by atoms with Gasteiger partial charge in [0, 0.05) is 13.5 Å². The Kier molecular flexibility index (Phi) is 6.07. The molecule has 0 bridgehead atoms. The maximum atomic E-state index is 12.6. The van der Waals surface area contributed by atoms with Crippen LogP contribution in [-0.4, -0.2) is 85.8 Å². The van der Waals surface area contributed by atoms with Gasteiger partial charge in [0.2, 0.25) is 5.72 Å². The van der Waals surface area contributed by atoms with Gasteiger partial charge in [0.1, 0.15) is 12.3 Å². The van der Waals surface area contributed by atoms with Crippen molar-refractivity contribution in [3.8, 4) is 5.75 Å². The lowest BCUT2D eigenvalue weighted by molar-refractivity contribution is -0.881. The molecule has 2 amide bonds. The van der Waals surface area contributed by atoms with Gasteiger partial charge in [-0.15, -0.1) is 0 Å². The average Bonchev–Trinajstić information content (AvgIpc) is 2.77. The van der Waals surface area contributed by atoms with E-state index < -0.39 is 33.2 Å². The topological polar surface area (TPSA) is 121 Å². The zero-order valence-electron chi connectivity index (χ0n) is 16.5. The highest BCUT2D eigenvalue weighted by atomic mass is 32.2. The Labute approximate surface area is 164 Å². The number of aliphatic carboxylic acids is 1. The fourth-order valence-electron chi connectivity index (χ4n) is 3.07. The van der Waals surface area contributed by atoms with Crippen molar-refractivity contribution in [2.45, 2.75) is 24.0 Å². The molecule has 1 aliphatic heterocycles. The van der Waals surface area contributed by atoms with E-state index in [4.69, 9.17) is 4.74 Å². The summed E-state index contributed by atoms with van der Waals surface area (Å²) in [5, 5.41) is 19.9. The van der Waals surface area contributed by atoms with E-state index in [1.807, 2.05) is 0 Å². The summed E-state index contributed by atoms with van der Waals surface area (Å²) in [4.78, 5) is 25.4. The average molecular weight is 415 g/mol. The van der Waals surface area contributed by atoms with Crippen LogP contribution in [0.3, 0.4) is 0 Å². The van der Waals surface area contributed by atoms with Crippen LogP contribution in [0, 0.1) is 5.92 Å². The minimum absolute atomic E-state index is 0.0116. The van der Waals surface area contributed by atoms with Gasteiger partial charge in [0.15, 0.2) is 9.84 Å². The van der Waals surface area contributed by atoms with Crippen LogP contribution >= 0.6 is 0 Å². The number of carboxylic acid groups (broad SMARTS) is 1. The number of aliphatic hydroxyl groups is 1. The smallest absolute Gasteiger partial charge is 0.421 e. The summed E-state index contributed by atoms with van der Waals surface area (Å²) in [6.07, 6.45) is -0.0352. The van der Waals surface area contributed by atoms with Gasteiger partial charge in [-0.25, -0.2) is 17.7 Å². The van der Waals surface area contributed by atoms with E-state index in [0.29, 0.717) is 5.75 Å². The van der Waals surface area contributed by atoms with Crippen molar-refractivity contribution in [2.24, 2.45) is 5.92 Å². The molecule has 10 heteroatoms. The van der Waals surface area contributed by atoms with Crippen molar-refractivity contribution in [3.05, 3.63) is 24.3 Å². The molecule has 0 spiro atoms. The molecule has 0 saturated carbocycles. The number of methoxy groups -OCH3 is 1. The van der Waals surface area contributed by atoms with Crippen molar-refractivity contribution in [1.82, 2.24) is 4.90 Å². The molecule has 9 nitrogen and oxygen atoms in total. The summed E-state index contributed by atoms with van der Waals surface area (Å²) in [5.41, 5.74) is -1.30. The Morgan fingerprint density at radius 2 is 1.89 bits per heavy atom. The summed E-state index contributed by atoms with van der Waals surface area (Å²) < 4.78 is 29.9. The van der Waals surface area contributed by atoms with E-state index in [2.05, 4.69) is 0 Å². The predicted molar refractivity (Wildman–Crippen MR) is 100 cm³/mol. The fourth-order valence-corrected chi connectivity index (χ4v) is 4.66. The Bertz CT molecular complexity index is 847. The molecule has 0 aromatic heterocycles. The van der Waals surface area contributed by atoms with E-state index in [1.165, 1.54) is 43.2 Å². The number of benzene rings is 1. The van der Waals surface area contributed by atoms with Crippen molar-refractivity contribution in [3.63, 3.8) is 0 Å². The summed E-state index contributed by atoms with van der Waals surface area (Å²) in [5.74, 6) is -2.51. The fraction of sp³-hybridized carbons (Fsp3) is 0.556. The zero-order chi connectivity index (χ0) is 21.3. The second kappa shape index (κ2) is 7.69.